The molecule has 0 aliphatic carbocycles. The fraction of sp³-hybridized carbons (Fsp3) is 0.211. The van der Waals surface area contributed by atoms with Crippen LogP contribution >= 0.6 is 0 Å². The van der Waals surface area contributed by atoms with Crippen LogP contribution in [0.3, 0.4) is 0 Å². The summed E-state index contributed by atoms with van der Waals surface area (Å²) in [5.74, 6) is -1.82. The summed E-state index contributed by atoms with van der Waals surface area (Å²) in [6.07, 6.45) is 0.164. The molecule has 0 unspecified atom stereocenters. The predicted octanol–water partition coefficient (Wildman–Crippen LogP) is 2.37. The van der Waals surface area contributed by atoms with E-state index in [2.05, 4.69) is 5.32 Å². The Balaban J connectivity index is 1.63. The number of nitrogens with one attached hydrogen (secondary N) is 1. The third-order valence-corrected chi connectivity index (χ3v) is 4.18. The van der Waals surface area contributed by atoms with Gasteiger partial charge >= 0.3 is 5.97 Å². The first-order chi connectivity index (χ1) is 12.0. The van der Waals surface area contributed by atoms with Gasteiger partial charge in [0.2, 0.25) is 11.8 Å². The standard InChI is InChI=1S/C19H18N2O4/c22-17-10-15(12-21(17)11-13-5-2-1-3-6-13)18(23)20-16-8-4-7-14(9-16)19(24)25/h1-9,15H,10-12H2,(H,20,23)(H,24,25)/t15-/m1/s1. The number of carbonyl (C=O) groups excluding carboxylic acids is 2. The fourth-order valence-electron chi connectivity index (χ4n) is 2.88. The third kappa shape index (κ3) is 4.03. The Morgan fingerprint density at radius 3 is 2.60 bits per heavy atom. The Morgan fingerprint density at radius 1 is 1.12 bits per heavy atom. The van der Waals surface area contributed by atoms with E-state index < -0.39 is 11.9 Å². The van der Waals surface area contributed by atoms with Gasteiger partial charge in [0.25, 0.3) is 0 Å². The van der Waals surface area contributed by atoms with Crippen molar-refractivity contribution in [1.29, 1.82) is 0 Å². The maximum absolute atomic E-state index is 12.4. The molecule has 1 aliphatic heterocycles. The number of hydrogen-bond acceptors (Lipinski definition) is 3. The van der Waals surface area contributed by atoms with E-state index >= 15 is 0 Å². The molecule has 1 heterocycles. The van der Waals surface area contributed by atoms with Crippen molar-refractivity contribution in [3.8, 4) is 0 Å². The van der Waals surface area contributed by atoms with Crippen LogP contribution in [0.4, 0.5) is 5.69 Å². The summed E-state index contributed by atoms with van der Waals surface area (Å²) in [7, 11) is 0. The number of carboxylic acid groups (broad SMARTS) is 1. The molecule has 0 radical (unpaired) electrons. The zero-order valence-corrected chi connectivity index (χ0v) is 13.5. The zero-order chi connectivity index (χ0) is 17.8. The summed E-state index contributed by atoms with van der Waals surface area (Å²) in [6.45, 7) is 0.843. The normalized spacial score (nSPS) is 16.7. The molecule has 2 aromatic rings. The summed E-state index contributed by atoms with van der Waals surface area (Å²) in [6, 6.07) is 15.7. The Hall–Kier alpha value is -3.15. The summed E-state index contributed by atoms with van der Waals surface area (Å²) < 4.78 is 0. The second-order valence-corrected chi connectivity index (χ2v) is 6.04. The minimum absolute atomic E-state index is 0.0525. The van der Waals surface area contributed by atoms with Gasteiger partial charge in [-0.3, -0.25) is 9.59 Å². The van der Waals surface area contributed by atoms with Gasteiger partial charge in [-0.15, -0.1) is 0 Å². The molecule has 0 spiro atoms. The van der Waals surface area contributed by atoms with Gasteiger partial charge in [-0.05, 0) is 23.8 Å². The van der Waals surface area contributed by atoms with Crippen LogP contribution in [0.2, 0.25) is 0 Å². The van der Waals surface area contributed by atoms with Crippen LogP contribution in [0.15, 0.2) is 54.6 Å². The number of carboxylic acids is 1. The first-order valence-electron chi connectivity index (χ1n) is 7.99. The van der Waals surface area contributed by atoms with Crippen molar-refractivity contribution in [2.24, 2.45) is 5.92 Å². The Morgan fingerprint density at radius 2 is 1.88 bits per heavy atom. The molecule has 1 fully saturated rings. The van der Waals surface area contributed by atoms with Crippen LogP contribution in [0.5, 0.6) is 0 Å². The molecule has 6 nitrogen and oxygen atoms in total. The average molecular weight is 338 g/mol. The lowest BCUT2D eigenvalue weighted by Crippen LogP contribution is -2.28. The van der Waals surface area contributed by atoms with E-state index in [1.807, 2.05) is 30.3 Å². The highest BCUT2D eigenvalue weighted by atomic mass is 16.4. The lowest BCUT2D eigenvalue weighted by molar-refractivity contribution is -0.128. The van der Waals surface area contributed by atoms with E-state index in [1.165, 1.54) is 12.1 Å². The molecule has 1 aliphatic rings. The second kappa shape index (κ2) is 7.17. The molecule has 6 heteroatoms. The quantitative estimate of drug-likeness (QED) is 0.876. The van der Waals surface area contributed by atoms with E-state index in [-0.39, 0.29) is 23.8 Å². The lowest BCUT2D eigenvalue weighted by Gasteiger charge is -2.16. The van der Waals surface area contributed by atoms with E-state index in [4.69, 9.17) is 5.11 Å². The maximum atomic E-state index is 12.4. The van der Waals surface area contributed by atoms with Crippen molar-refractivity contribution >= 4 is 23.5 Å². The van der Waals surface area contributed by atoms with Crippen LogP contribution in [-0.4, -0.2) is 34.3 Å². The van der Waals surface area contributed by atoms with Gasteiger partial charge in [-0.1, -0.05) is 36.4 Å². The minimum atomic E-state index is -1.05. The van der Waals surface area contributed by atoms with Gasteiger partial charge in [0, 0.05) is 25.2 Å². The fourth-order valence-corrected chi connectivity index (χ4v) is 2.88. The highest BCUT2D eigenvalue weighted by molar-refractivity contribution is 5.98. The van der Waals surface area contributed by atoms with Crippen LogP contribution in [0, 0.1) is 5.92 Å². The van der Waals surface area contributed by atoms with Gasteiger partial charge in [0.15, 0.2) is 0 Å². The minimum Gasteiger partial charge on any atom is -0.478 e. The number of carbonyl (C=O) groups is 3. The molecule has 128 valence electrons. The molecule has 0 aromatic heterocycles. The molecule has 2 N–H and O–H groups in total. The number of benzene rings is 2. The SMILES string of the molecule is O=C(O)c1cccc(NC(=O)[C@@H]2CC(=O)N(Cc3ccccc3)C2)c1. The van der Waals surface area contributed by atoms with Crippen molar-refractivity contribution in [3.63, 3.8) is 0 Å². The number of amides is 2. The van der Waals surface area contributed by atoms with E-state index in [1.54, 1.807) is 17.0 Å². The third-order valence-electron chi connectivity index (χ3n) is 4.18. The summed E-state index contributed by atoms with van der Waals surface area (Å²) in [5.41, 5.74) is 1.54. The first-order valence-corrected chi connectivity index (χ1v) is 7.99. The molecular weight excluding hydrogens is 320 g/mol. The Bertz CT molecular complexity index is 804. The smallest absolute Gasteiger partial charge is 0.335 e. The average Bonchev–Trinajstić information content (AvgIpc) is 2.97. The molecule has 0 saturated carbocycles. The van der Waals surface area contributed by atoms with Gasteiger partial charge in [-0.25, -0.2) is 4.79 Å². The number of nitrogens with zero attached hydrogens (tertiary/aromatic N) is 1. The van der Waals surface area contributed by atoms with Crippen LogP contribution < -0.4 is 5.32 Å². The maximum Gasteiger partial charge on any atom is 0.335 e. The number of likely N-dealkylation sites (tertiary alicyclic amines) is 1. The highest BCUT2D eigenvalue weighted by Crippen LogP contribution is 2.22. The highest BCUT2D eigenvalue weighted by Gasteiger charge is 2.34. The molecular formula is C19H18N2O4. The summed E-state index contributed by atoms with van der Waals surface area (Å²) >= 11 is 0. The van der Waals surface area contributed by atoms with Crippen molar-refractivity contribution in [3.05, 3.63) is 65.7 Å². The number of hydrogen-bond donors (Lipinski definition) is 2. The van der Waals surface area contributed by atoms with Gasteiger partial charge in [-0.2, -0.15) is 0 Å². The molecule has 25 heavy (non-hydrogen) atoms. The topological polar surface area (TPSA) is 86.7 Å². The molecule has 2 aromatic carbocycles. The predicted molar refractivity (Wildman–Crippen MR) is 92.0 cm³/mol. The van der Waals surface area contributed by atoms with Gasteiger partial charge < -0.3 is 15.3 Å². The molecule has 1 atom stereocenters. The zero-order valence-electron chi connectivity index (χ0n) is 13.5. The summed E-state index contributed by atoms with van der Waals surface area (Å²) in [5, 5.41) is 11.7. The van der Waals surface area contributed by atoms with Crippen LogP contribution in [-0.2, 0) is 16.1 Å². The van der Waals surface area contributed by atoms with Crippen molar-refractivity contribution in [2.75, 3.05) is 11.9 Å². The number of aromatic carboxylic acids is 1. The largest absolute Gasteiger partial charge is 0.478 e. The second-order valence-electron chi connectivity index (χ2n) is 6.04. The van der Waals surface area contributed by atoms with Crippen molar-refractivity contribution < 1.29 is 19.5 Å². The van der Waals surface area contributed by atoms with E-state index in [0.717, 1.165) is 5.56 Å². The van der Waals surface area contributed by atoms with Crippen molar-refractivity contribution in [2.45, 2.75) is 13.0 Å². The van der Waals surface area contributed by atoms with Crippen molar-refractivity contribution in [1.82, 2.24) is 4.90 Å². The molecule has 1 saturated heterocycles. The van der Waals surface area contributed by atoms with Gasteiger partial charge in [0.05, 0.1) is 11.5 Å². The Kier molecular flexibility index (Phi) is 4.79. The molecule has 2 amide bonds. The Labute approximate surface area is 145 Å². The molecule has 3 rings (SSSR count). The van der Waals surface area contributed by atoms with E-state index in [9.17, 15) is 14.4 Å². The monoisotopic (exact) mass is 338 g/mol. The number of anilines is 1. The van der Waals surface area contributed by atoms with Crippen LogP contribution in [0.25, 0.3) is 0 Å². The number of rotatable bonds is 5. The lowest BCUT2D eigenvalue weighted by atomic mass is 10.1. The first kappa shape index (κ1) is 16.7. The van der Waals surface area contributed by atoms with Crippen LogP contribution in [0.1, 0.15) is 22.3 Å². The van der Waals surface area contributed by atoms with Gasteiger partial charge in [0.1, 0.15) is 0 Å². The summed E-state index contributed by atoms with van der Waals surface area (Å²) in [4.78, 5) is 37.2. The molecule has 0 bridgehead atoms. The van der Waals surface area contributed by atoms with E-state index in [0.29, 0.717) is 18.8 Å².